The average Bonchev–Trinajstić information content (AvgIpc) is 2.24. The number of hydrogen-bond acceptors (Lipinski definition) is 3. The molecule has 1 saturated heterocycles. The molecular weight excluding hydrogens is 264 g/mol. The van der Waals surface area contributed by atoms with E-state index in [0.717, 1.165) is 45.3 Å². The molecule has 1 N–H and O–H groups in total. The summed E-state index contributed by atoms with van der Waals surface area (Å²) in [5.74, 6) is 0. The summed E-state index contributed by atoms with van der Waals surface area (Å²) in [4.78, 5) is 14.6. The van der Waals surface area contributed by atoms with Crippen LogP contribution >= 0.6 is 0 Å². The molecule has 1 rings (SSSR count). The van der Waals surface area contributed by atoms with Crippen molar-refractivity contribution in [2.75, 3.05) is 19.6 Å². The van der Waals surface area contributed by atoms with E-state index in [0.29, 0.717) is 0 Å². The van der Waals surface area contributed by atoms with Crippen LogP contribution < -0.4 is 5.32 Å². The van der Waals surface area contributed by atoms with Gasteiger partial charge in [-0.1, -0.05) is 27.7 Å². The number of carbonyl (C=O) groups is 1. The first-order valence-electron chi connectivity index (χ1n) is 8.33. The summed E-state index contributed by atoms with van der Waals surface area (Å²) in [5, 5.41) is 3.05. The number of amides is 1. The van der Waals surface area contributed by atoms with Crippen molar-refractivity contribution in [3.63, 3.8) is 0 Å². The van der Waals surface area contributed by atoms with Gasteiger partial charge in [0.2, 0.25) is 0 Å². The minimum Gasteiger partial charge on any atom is -0.444 e. The third-order valence-corrected chi connectivity index (χ3v) is 3.69. The summed E-state index contributed by atoms with van der Waals surface area (Å²) in [6.07, 6.45) is 3.94. The first-order valence-corrected chi connectivity index (χ1v) is 8.33. The van der Waals surface area contributed by atoms with Gasteiger partial charge in [0, 0.05) is 12.6 Å². The normalized spacial score (nSPS) is 21.1. The summed E-state index contributed by atoms with van der Waals surface area (Å²) in [6, 6.07) is 0.225. The van der Waals surface area contributed by atoms with Gasteiger partial charge in [0.25, 0.3) is 0 Å². The van der Waals surface area contributed by atoms with Gasteiger partial charge in [0.15, 0.2) is 0 Å². The van der Waals surface area contributed by atoms with Crippen LogP contribution in [0, 0.1) is 5.41 Å². The van der Waals surface area contributed by atoms with E-state index in [1.165, 1.54) is 0 Å². The van der Waals surface area contributed by atoms with Crippen LogP contribution in [0.3, 0.4) is 0 Å². The highest BCUT2D eigenvalue weighted by Crippen LogP contribution is 2.29. The molecule has 0 aliphatic carbocycles. The molecule has 0 aromatic carbocycles. The number of nitrogens with zero attached hydrogens (tertiary/aromatic N) is 1. The fourth-order valence-electron chi connectivity index (χ4n) is 3.45. The predicted octanol–water partition coefficient (Wildman–Crippen LogP) is 3.80. The Bertz CT molecular complexity index is 332. The first-order chi connectivity index (χ1) is 9.61. The molecule has 1 fully saturated rings. The van der Waals surface area contributed by atoms with Gasteiger partial charge < -0.3 is 15.0 Å². The zero-order valence-electron chi connectivity index (χ0n) is 14.8. The van der Waals surface area contributed by atoms with Gasteiger partial charge in [-0.3, -0.25) is 0 Å². The lowest BCUT2D eigenvalue weighted by Crippen LogP contribution is -2.49. The minimum absolute atomic E-state index is 0.145. The molecule has 1 aliphatic heterocycles. The molecule has 1 aliphatic rings. The molecule has 0 spiro atoms. The van der Waals surface area contributed by atoms with Gasteiger partial charge in [-0.2, -0.15) is 0 Å². The van der Waals surface area contributed by atoms with Crippen molar-refractivity contribution in [2.45, 2.75) is 78.9 Å². The van der Waals surface area contributed by atoms with Crippen LogP contribution in [0.5, 0.6) is 0 Å². The standard InChI is InChI=1S/C17H34N2O2/c1-7-10-19-11-8-9-14(12-19)18-15(20)21-17(5,6)13-16(2,3)4/h14H,7-13H2,1-6H3,(H,18,20)/t14-/m1/s1. The van der Waals surface area contributed by atoms with Crippen LogP contribution in [0.25, 0.3) is 0 Å². The van der Waals surface area contributed by atoms with Crippen LogP contribution in [-0.4, -0.2) is 42.3 Å². The van der Waals surface area contributed by atoms with Crippen LogP contribution in [0.15, 0.2) is 0 Å². The highest BCUT2D eigenvalue weighted by molar-refractivity contribution is 5.68. The Kier molecular flexibility index (Phi) is 6.51. The SMILES string of the molecule is CCCN1CCC[C@@H](NC(=O)OC(C)(C)CC(C)(C)C)C1. The molecule has 0 aromatic heterocycles. The molecule has 124 valence electrons. The molecular formula is C17H34N2O2. The second-order valence-electron chi connectivity index (χ2n) is 8.17. The minimum atomic E-state index is -0.430. The van der Waals surface area contributed by atoms with Gasteiger partial charge in [-0.15, -0.1) is 0 Å². The molecule has 4 heteroatoms. The van der Waals surface area contributed by atoms with Crippen LogP contribution in [0.1, 0.15) is 67.2 Å². The van der Waals surface area contributed by atoms with Gasteiger partial charge in [-0.05, 0) is 58.0 Å². The number of piperidine rings is 1. The van der Waals surface area contributed by atoms with E-state index < -0.39 is 5.60 Å². The van der Waals surface area contributed by atoms with Crippen LogP contribution in [0.2, 0.25) is 0 Å². The smallest absolute Gasteiger partial charge is 0.407 e. The van der Waals surface area contributed by atoms with E-state index in [-0.39, 0.29) is 17.6 Å². The van der Waals surface area contributed by atoms with Gasteiger partial charge >= 0.3 is 6.09 Å². The Hall–Kier alpha value is -0.770. The first kappa shape index (κ1) is 18.3. The monoisotopic (exact) mass is 298 g/mol. The lowest BCUT2D eigenvalue weighted by Gasteiger charge is -2.35. The Morgan fingerprint density at radius 2 is 1.95 bits per heavy atom. The van der Waals surface area contributed by atoms with Crippen molar-refractivity contribution >= 4 is 6.09 Å². The highest BCUT2D eigenvalue weighted by atomic mass is 16.6. The molecule has 0 radical (unpaired) electrons. The van der Waals surface area contributed by atoms with E-state index in [1.54, 1.807) is 0 Å². The fourth-order valence-corrected chi connectivity index (χ4v) is 3.45. The van der Waals surface area contributed by atoms with Crippen LogP contribution in [-0.2, 0) is 4.74 Å². The average molecular weight is 298 g/mol. The Morgan fingerprint density at radius 3 is 2.52 bits per heavy atom. The van der Waals surface area contributed by atoms with Gasteiger partial charge in [-0.25, -0.2) is 4.79 Å². The topological polar surface area (TPSA) is 41.6 Å². The highest BCUT2D eigenvalue weighted by Gasteiger charge is 2.30. The number of hydrogen-bond donors (Lipinski definition) is 1. The van der Waals surface area contributed by atoms with E-state index in [1.807, 2.05) is 13.8 Å². The molecule has 0 saturated carbocycles. The molecule has 21 heavy (non-hydrogen) atoms. The van der Waals surface area contributed by atoms with Crippen molar-refractivity contribution < 1.29 is 9.53 Å². The second kappa shape index (κ2) is 7.48. The van der Waals surface area contributed by atoms with E-state index in [4.69, 9.17) is 4.74 Å². The molecule has 1 atom stereocenters. The van der Waals surface area contributed by atoms with Gasteiger partial charge in [0.1, 0.15) is 5.60 Å². The van der Waals surface area contributed by atoms with Crippen LogP contribution in [0.4, 0.5) is 4.79 Å². The molecule has 4 nitrogen and oxygen atoms in total. The summed E-state index contributed by atoms with van der Waals surface area (Å²) >= 11 is 0. The van der Waals surface area contributed by atoms with Crippen molar-refractivity contribution in [1.29, 1.82) is 0 Å². The third kappa shape index (κ3) is 7.70. The summed E-state index contributed by atoms with van der Waals surface area (Å²) < 4.78 is 5.64. The summed E-state index contributed by atoms with van der Waals surface area (Å²) in [7, 11) is 0. The summed E-state index contributed by atoms with van der Waals surface area (Å²) in [5.41, 5.74) is -0.285. The van der Waals surface area contributed by atoms with Crippen molar-refractivity contribution in [3.05, 3.63) is 0 Å². The zero-order valence-corrected chi connectivity index (χ0v) is 14.8. The number of ether oxygens (including phenoxy) is 1. The maximum atomic E-state index is 12.1. The largest absolute Gasteiger partial charge is 0.444 e. The quantitative estimate of drug-likeness (QED) is 0.839. The molecule has 1 heterocycles. The van der Waals surface area contributed by atoms with Gasteiger partial charge in [0.05, 0.1) is 0 Å². The fraction of sp³-hybridized carbons (Fsp3) is 0.941. The maximum absolute atomic E-state index is 12.1. The molecule has 0 unspecified atom stereocenters. The zero-order chi connectivity index (χ0) is 16.1. The van der Waals surface area contributed by atoms with E-state index in [2.05, 4.69) is 37.9 Å². The Balaban J connectivity index is 2.42. The maximum Gasteiger partial charge on any atom is 0.407 e. The molecule has 1 amide bonds. The molecule has 0 aromatic rings. The van der Waals surface area contributed by atoms with E-state index >= 15 is 0 Å². The number of alkyl carbamates (subject to hydrolysis) is 1. The number of nitrogens with one attached hydrogen (secondary N) is 1. The molecule has 0 bridgehead atoms. The number of rotatable bonds is 5. The Morgan fingerprint density at radius 1 is 1.29 bits per heavy atom. The predicted molar refractivity (Wildman–Crippen MR) is 87.5 cm³/mol. The van der Waals surface area contributed by atoms with Crippen molar-refractivity contribution in [3.8, 4) is 0 Å². The lowest BCUT2D eigenvalue weighted by atomic mass is 9.84. The number of carbonyl (C=O) groups excluding carboxylic acids is 1. The Labute approximate surface area is 130 Å². The van der Waals surface area contributed by atoms with Crippen molar-refractivity contribution in [2.24, 2.45) is 5.41 Å². The second-order valence-corrected chi connectivity index (χ2v) is 8.17. The lowest BCUT2D eigenvalue weighted by molar-refractivity contribution is 0.00701. The number of likely N-dealkylation sites (tertiary alicyclic amines) is 1. The summed E-state index contributed by atoms with van der Waals surface area (Å²) in [6.45, 7) is 15.9. The third-order valence-electron chi connectivity index (χ3n) is 3.69. The van der Waals surface area contributed by atoms with Crippen molar-refractivity contribution in [1.82, 2.24) is 10.2 Å². The van der Waals surface area contributed by atoms with E-state index in [9.17, 15) is 4.79 Å².